The van der Waals surface area contributed by atoms with Crippen molar-refractivity contribution in [2.24, 2.45) is 0 Å². The number of hydrogen-bond acceptors (Lipinski definition) is 7. The van der Waals surface area contributed by atoms with E-state index in [1.165, 1.54) is 24.3 Å². The van der Waals surface area contributed by atoms with Crippen molar-refractivity contribution < 1.29 is 13.0 Å². The Balaban J connectivity index is 2.26. The number of hydrogen-bond donors (Lipinski definition) is 4. The normalized spacial score (nSPS) is 11.1. The lowest BCUT2D eigenvalue weighted by Gasteiger charge is -2.06. The molecule has 0 spiro atoms. The fourth-order valence-electron chi connectivity index (χ4n) is 1.40. The van der Waals surface area contributed by atoms with Crippen LogP contribution < -0.4 is 16.3 Å². The highest BCUT2D eigenvalue weighted by atomic mass is 32.2. The number of aromatic amines is 1. The van der Waals surface area contributed by atoms with Crippen LogP contribution in [0.1, 0.15) is 0 Å². The number of aromatic nitrogens is 3. The predicted molar refractivity (Wildman–Crippen MR) is 71.7 cm³/mol. The molecular weight excluding hydrogens is 286 g/mol. The Kier molecular flexibility index (Phi) is 3.68. The van der Waals surface area contributed by atoms with Crippen molar-refractivity contribution in [2.75, 3.05) is 17.7 Å². The Labute approximate surface area is 113 Å². The van der Waals surface area contributed by atoms with Crippen molar-refractivity contribution in [2.45, 2.75) is 4.90 Å². The van der Waals surface area contributed by atoms with E-state index in [0.29, 0.717) is 5.69 Å². The summed E-state index contributed by atoms with van der Waals surface area (Å²) in [7, 11) is -2.66. The summed E-state index contributed by atoms with van der Waals surface area (Å²) >= 11 is 0. The summed E-state index contributed by atoms with van der Waals surface area (Å²) in [5, 5.41) is 5.40. The highest BCUT2D eigenvalue weighted by Gasteiger charge is 2.09. The summed E-state index contributed by atoms with van der Waals surface area (Å²) in [6, 6.07) is 5.27. The van der Waals surface area contributed by atoms with Gasteiger partial charge in [0.15, 0.2) is 0 Å². The number of benzene rings is 1. The van der Waals surface area contributed by atoms with Crippen molar-refractivity contribution in [3.05, 3.63) is 34.7 Å². The first-order valence-corrected chi connectivity index (χ1v) is 6.83. The summed E-state index contributed by atoms with van der Waals surface area (Å²) < 4.78 is 30.6. The summed E-state index contributed by atoms with van der Waals surface area (Å²) in [5.41, 5.74) is -0.102. The van der Waals surface area contributed by atoms with E-state index in [1.807, 2.05) is 0 Å². The molecule has 0 unspecified atom stereocenters. The molecule has 0 fully saturated rings. The lowest BCUT2D eigenvalue weighted by atomic mass is 10.3. The van der Waals surface area contributed by atoms with Gasteiger partial charge >= 0.3 is 5.69 Å². The van der Waals surface area contributed by atoms with Crippen molar-refractivity contribution in [1.29, 1.82) is 0 Å². The minimum Gasteiger partial charge on any atom is -0.357 e. The Hall–Kier alpha value is -2.46. The minimum atomic E-state index is -4.23. The standard InChI is InChI=1S/C10H11N5O4S/c1-11-8-13-9(15-10(16)14-8)12-6-2-4-7(5-3-6)20(17,18)19/h2-5H,1H3,(H,17,18,19)(H3,11,12,13,14,15,16). The molecule has 0 bridgehead atoms. The van der Waals surface area contributed by atoms with Gasteiger partial charge in [-0.1, -0.05) is 0 Å². The van der Waals surface area contributed by atoms with E-state index in [-0.39, 0.29) is 16.8 Å². The van der Waals surface area contributed by atoms with Crippen molar-refractivity contribution in [1.82, 2.24) is 15.0 Å². The summed E-state index contributed by atoms with van der Waals surface area (Å²) in [6.07, 6.45) is 0. The summed E-state index contributed by atoms with van der Waals surface area (Å²) in [5.74, 6) is 0.291. The molecule has 0 amide bonds. The van der Waals surface area contributed by atoms with E-state index in [9.17, 15) is 13.2 Å². The average Bonchev–Trinajstić information content (AvgIpc) is 2.37. The van der Waals surface area contributed by atoms with Crippen molar-refractivity contribution >= 4 is 27.7 Å². The molecule has 9 nitrogen and oxygen atoms in total. The molecule has 1 aromatic carbocycles. The molecule has 0 aliphatic rings. The van der Waals surface area contributed by atoms with E-state index >= 15 is 0 Å². The van der Waals surface area contributed by atoms with Gasteiger partial charge in [0.2, 0.25) is 11.9 Å². The van der Waals surface area contributed by atoms with Crippen LogP contribution >= 0.6 is 0 Å². The molecular formula is C10H11N5O4S. The van der Waals surface area contributed by atoms with Gasteiger partial charge in [0.25, 0.3) is 10.1 Å². The molecule has 2 rings (SSSR count). The maximum atomic E-state index is 11.2. The largest absolute Gasteiger partial charge is 0.357 e. The second-order valence-electron chi connectivity index (χ2n) is 3.70. The molecule has 4 N–H and O–H groups in total. The Morgan fingerprint density at radius 2 is 1.85 bits per heavy atom. The molecule has 0 atom stereocenters. The first-order valence-electron chi connectivity index (χ1n) is 5.39. The molecule has 1 aromatic heterocycles. The number of H-pyrrole nitrogens is 1. The fourth-order valence-corrected chi connectivity index (χ4v) is 1.88. The molecule has 10 heteroatoms. The van der Waals surface area contributed by atoms with Crippen LogP contribution in [0.5, 0.6) is 0 Å². The van der Waals surface area contributed by atoms with Crippen LogP contribution in [0.4, 0.5) is 17.6 Å². The number of nitrogens with one attached hydrogen (secondary N) is 3. The van der Waals surface area contributed by atoms with Crippen LogP contribution in [-0.2, 0) is 10.1 Å². The Morgan fingerprint density at radius 1 is 1.20 bits per heavy atom. The molecule has 1 heterocycles. The molecule has 2 aromatic rings. The summed E-state index contributed by atoms with van der Waals surface area (Å²) in [6.45, 7) is 0. The van der Waals surface area contributed by atoms with E-state index in [4.69, 9.17) is 4.55 Å². The van der Waals surface area contributed by atoms with Crippen LogP contribution in [0.25, 0.3) is 0 Å². The van der Waals surface area contributed by atoms with E-state index < -0.39 is 15.8 Å². The zero-order valence-corrected chi connectivity index (χ0v) is 11.1. The van der Waals surface area contributed by atoms with Crippen LogP contribution in [0.2, 0.25) is 0 Å². The third kappa shape index (κ3) is 3.30. The second-order valence-corrected chi connectivity index (χ2v) is 5.12. The zero-order valence-electron chi connectivity index (χ0n) is 10.3. The molecule has 0 aliphatic heterocycles. The van der Waals surface area contributed by atoms with Gasteiger partial charge in [-0.15, -0.1) is 0 Å². The first kappa shape index (κ1) is 14.0. The maximum absolute atomic E-state index is 11.2. The SMILES string of the molecule is CNc1nc(Nc2ccc(S(=O)(=O)O)cc2)[nH]c(=O)n1. The van der Waals surface area contributed by atoms with Crippen LogP contribution in [0, 0.1) is 0 Å². The topological polar surface area (TPSA) is 137 Å². The average molecular weight is 297 g/mol. The zero-order chi connectivity index (χ0) is 14.8. The van der Waals surface area contributed by atoms with Gasteiger partial charge in [-0.3, -0.25) is 9.54 Å². The molecule has 0 saturated heterocycles. The third-order valence-electron chi connectivity index (χ3n) is 2.29. The van der Waals surface area contributed by atoms with Crippen LogP contribution in [0.3, 0.4) is 0 Å². The first-order chi connectivity index (χ1) is 9.38. The van der Waals surface area contributed by atoms with Gasteiger partial charge < -0.3 is 10.6 Å². The monoisotopic (exact) mass is 297 g/mol. The van der Waals surface area contributed by atoms with E-state index in [1.54, 1.807) is 7.05 Å². The highest BCUT2D eigenvalue weighted by Crippen LogP contribution is 2.16. The number of nitrogens with zero attached hydrogens (tertiary/aromatic N) is 2. The third-order valence-corrected chi connectivity index (χ3v) is 3.16. The Morgan fingerprint density at radius 3 is 2.40 bits per heavy atom. The molecule has 0 aliphatic carbocycles. The van der Waals surface area contributed by atoms with Gasteiger partial charge in [0.05, 0.1) is 4.90 Å². The number of rotatable bonds is 4. The summed E-state index contributed by atoms with van der Waals surface area (Å²) in [4.78, 5) is 20.9. The maximum Gasteiger partial charge on any atom is 0.351 e. The number of anilines is 3. The lowest BCUT2D eigenvalue weighted by molar-refractivity contribution is 0.483. The molecule has 0 radical (unpaired) electrons. The van der Waals surface area contributed by atoms with Gasteiger partial charge in [-0.25, -0.2) is 4.79 Å². The van der Waals surface area contributed by atoms with E-state index in [2.05, 4.69) is 25.6 Å². The fraction of sp³-hybridized carbons (Fsp3) is 0.100. The van der Waals surface area contributed by atoms with Crippen LogP contribution in [-0.4, -0.2) is 35.0 Å². The highest BCUT2D eigenvalue weighted by molar-refractivity contribution is 7.85. The minimum absolute atomic E-state index is 0.144. The van der Waals surface area contributed by atoms with Crippen molar-refractivity contribution in [3.63, 3.8) is 0 Å². The second kappa shape index (κ2) is 5.27. The van der Waals surface area contributed by atoms with Crippen LogP contribution in [0.15, 0.2) is 34.0 Å². The predicted octanol–water partition coefficient (Wildman–Crippen LogP) is 0.197. The quantitative estimate of drug-likeness (QED) is 0.587. The Bertz CT molecular complexity index is 769. The molecule has 106 valence electrons. The van der Waals surface area contributed by atoms with Gasteiger partial charge in [0, 0.05) is 12.7 Å². The van der Waals surface area contributed by atoms with Crippen molar-refractivity contribution in [3.8, 4) is 0 Å². The smallest absolute Gasteiger partial charge is 0.351 e. The molecule has 0 saturated carbocycles. The van der Waals surface area contributed by atoms with Gasteiger partial charge in [0.1, 0.15) is 0 Å². The van der Waals surface area contributed by atoms with Gasteiger partial charge in [-0.05, 0) is 24.3 Å². The molecule has 20 heavy (non-hydrogen) atoms. The van der Waals surface area contributed by atoms with Gasteiger partial charge in [-0.2, -0.15) is 18.4 Å². The van der Waals surface area contributed by atoms with E-state index in [0.717, 1.165) is 0 Å². The lowest BCUT2D eigenvalue weighted by Crippen LogP contribution is -2.16.